The summed E-state index contributed by atoms with van der Waals surface area (Å²) in [4.78, 5) is 11.9. The second-order valence-corrected chi connectivity index (χ2v) is 5.82. The molecule has 0 aromatic heterocycles. The molecule has 1 unspecified atom stereocenters. The Morgan fingerprint density at radius 3 is 3.11 bits per heavy atom. The van der Waals surface area contributed by atoms with E-state index in [2.05, 4.69) is 26.6 Å². The molecule has 2 N–H and O–H groups in total. The van der Waals surface area contributed by atoms with Gasteiger partial charge in [-0.05, 0) is 50.0 Å². The third kappa shape index (κ3) is 3.82. The number of carbonyl (C=O) groups excluding carboxylic acids is 1. The fourth-order valence-corrected chi connectivity index (χ4v) is 2.73. The summed E-state index contributed by atoms with van der Waals surface area (Å²) in [5.41, 5.74) is 1.13. The van der Waals surface area contributed by atoms with Gasteiger partial charge in [-0.15, -0.1) is 0 Å². The van der Waals surface area contributed by atoms with Gasteiger partial charge in [0.05, 0.1) is 6.04 Å². The third-order valence-electron chi connectivity index (χ3n) is 3.36. The Bertz CT molecular complexity index is 416. The lowest BCUT2D eigenvalue weighted by Gasteiger charge is -2.16. The van der Waals surface area contributed by atoms with Crippen LogP contribution < -0.4 is 10.6 Å². The zero-order chi connectivity index (χ0) is 13.0. The molecule has 0 radical (unpaired) electrons. The van der Waals surface area contributed by atoms with Gasteiger partial charge in [-0.1, -0.05) is 28.1 Å². The molecule has 1 aromatic rings. The fourth-order valence-electron chi connectivity index (χ4n) is 2.31. The number of amides is 1. The lowest BCUT2D eigenvalue weighted by molar-refractivity contribution is -0.122. The average molecular weight is 311 g/mol. The van der Waals surface area contributed by atoms with Crippen molar-refractivity contribution in [3.8, 4) is 0 Å². The third-order valence-corrected chi connectivity index (χ3v) is 3.86. The molecule has 98 valence electrons. The van der Waals surface area contributed by atoms with E-state index < -0.39 is 0 Å². The summed E-state index contributed by atoms with van der Waals surface area (Å²) in [6.45, 7) is 4.03. The Morgan fingerprint density at radius 2 is 2.44 bits per heavy atom. The van der Waals surface area contributed by atoms with Crippen molar-refractivity contribution in [3.05, 3.63) is 34.3 Å². The minimum atomic E-state index is 0.0596. The van der Waals surface area contributed by atoms with Crippen LogP contribution in [0.1, 0.15) is 31.4 Å². The molecule has 2 atom stereocenters. The highest BCUT2D eigenvalue weighted by atomic mass is 79.9. The van der Waals surface area contributed by atoms with Gasteiger partial charge in [-0.3, -0.25) is 4.79 Å². The van der Waals surface area contributed by atoms with Crippen molar-refractivity contribution in [2.24, 2.45) is 5.92 Å². The monoisotopic (exact) mass is 310 g/mol. The van der Waals surface area contributed by atoms with E-state index in [-0.39, 0.29) is 11.9 Å². The van der Waals surface area contributed by atoms with Crippen LogP contribution in [-0.2, 0) is 4.79 Å². The van der Waals surface area contributed by atoms with Crippen LogP contribution in [0.5, 0.6) is 0 Å². The van der Waals surface area contributed by atoms with Crippen LogP contribution in [0, 0.1) is 5.92 Å². The van der Waals surface area contributed by atoms with Crippen LogP contribution in [0.4, 0.5) is 0 Å². The van der Waals surface area contributed by atoms with Crippen LogP contribution >= 0.6 is 15.9 Å². The van der Waals surface area contributed by atoms with Crippen LogP contribution in [0.3, 0.4) is 0 Å². The zero-order valence-corrected chi connectivity index (χ0v) is 12.2. The van der Waals surface area contributed by atoms with Crippen molar-refractivity contribution in [2.75, 3.05) is 13.1 Å². The van der Waals surface area contributed by atoms with Gasteiger partial charge >= 0.3 is 0 Å². The molecule has 2 rings (SSSR count). The Labute approximate surface area is 116 Å². The summed E-state index contributed by atoms with van der Waals surface area (Å²) < 4.78 is 1.04. The van der Waals surface area contributed by atoms with Gasteiger partial charge in [0, 0.05) is 10.9 Å². The van der Waals surface area contributed by atoms with Crippen molar-refractivity contribution in [1.29, 1.82) is 0 Å². The largest absolute Gasteiger partial charge is 0.350 e. The summed E-state index contributed by atoms with van der Waals surface area (Å²) >= 11 is 3.45. The lowest BCUT2D eigenvalue weighted by atomic mass is 10.0. The summed E-state index contributed by atoms with van der Waals surface area (Å²) in [5.74, 6) is 0.649. The Kier molecular flexibility index (Phi) is 4.78. The Hall–Kier alpha value is -0.870. The van der Waals surface area contributed by atoms with Crippen LogP contribution in [0.2, 0.25) is 0 Å². The van der Waals surface area contributed by atoms with Crippen molar-refractivity contribution in [2.45, 2.75) is 25.8 Å². The normalized spacial score (nSPS) is 20.7. The first-order chi connectivity index (χ1) is 8.65. The number of hydrogen-bond donors (Lipinski definition) is 2. The van der Waals surface area contributed by atoms with Crippen molar-refractivity contribution < 1.29 is 4.79 Å². The summed E-state index contributed by atoms with van der Waals surface area (Å²) in [7, 11) is 0. The number of benzene rings is 1. The molecule has 1 heterocycles. The van der Waals surface area contributed by atoms with E-state index in [1.165, 1.54) is 0 Å². The topological polar surface area (TPSA) is 41.1 Å². The van der Waals surface area contributed by atoms with Crippen LogP contribution in [-0.4, -0.2) is 19.0 Å². The number of halogens is 1. The maximum atomic E-state index is 11.9. The van der Waals surface area contributed by atoms with Gasteiger partial charge < -0.3 is 10.6 Å². The second kappa shape index (κ2) is 6.34. The highest BCUT2D eigenvalue weighted by Crippen LogP contribution is 2.19. The van der Waals surface area contributed by atoms with Crippen LogP contribution in [0.15, 0.2) is 28.7 Å². The van der Waals surface area contributed by atoms with Gasteiger partial charge in [-0.25, -0.2) is 0 Å². The molecule has 1 saturated heterocycles. The van der Waals surface area contributed by atoms with E-state index in [1.54, 1.807) is 0 Å². The first-order valence-corrected chi connectivity index (χ1v) is 7.20. The lowest BCUT2D eigenvalue weighted by Crippen LogP contribution is -2.28. The average Bonchev–Trinajstić information content (AvgIpc) is 2.81. The molecule has 4 heteroatoms. The highest BCUT2D eigenvalue weighted by Gasteiger charge is 2.19. The summed E-state index contributed by atoms with van der Waals surface area (Å²) in [6, 6.07) is 8.12. The fraction of sp³-hybridized carbons (Fsp3) is 0.500. The molecule has 1 aliphatic heterocycles. The zero-order valence-electron chi connectivity index (χ0n) is 10.6. The van der Waals surface area contributed by atoms with Crippen LogP contribution in [0.25, 0.3) is 0 Å². The van der Waals surface area contributed by atoms with E-state index in [0.29, 0.717) is 12.3 Å². The molecule has 0 aliphatic carbocycles. The number of hydrogen-bond acceptors (Lipinski definition) is 2. The molecule has 0 saturated carbocycles. The SMILES string of the molecule is C[C@H](NC(=O)CC1CCNC1)c1cccc(Br)c1. The minimum Gasteiger partial charge on any atom is -0.350 e. The molecule has 0 bridgehead atoms. The highest BCUT2D eigenvalue weighted by molar-refractivity contribution is 9.10. The molecule has 18 heavy (non-hydrogen) atoms. The van der Waals surface area contributed by atoms with E-state index >= 15 is 0 Å². The Morgan fingerprint density at radius 1 is 1.61 bits per heavy atom. The number of rotatable bonds is 4. The second-order valence-electron chi connectivity index (χ2n) is 4.91. The van der Waals surface area contributed by atoms with Gasteiger partial charge in [0.15, 0.2) is 0 Å². The van der Waals surface area contributed by atoms with E-state index in [1.807, 2.05) is 31.2 Å². The van der Waals surface area contributed by atoms with Gasteiger partial charge in [0.1, 0.15) is 0 Å². The molecular formula is C14H19BrN2O. The molecular weight excluding hydrogens is 292 g/mol. The molecule has 1 amide bonds. The van der Waals surface area contributed by atoms with Crippen molar-refractivity contribution in [1.82, 2.24) is 10.6 Å². The predicted octanol–water partition coefficient (Wildman–Crippen LogP) is 2.63. The number of carbonyl (C=O) groups is 1. The summed E-state index contributed by atoms with van der Waals surface area (Å²) in [5, 5.41) is 6.35. The molecule has 3 nitrogen and oxygen atoms in total. The quantitative estimate of drug-likeness (QED) is 0.897. The smallest absolute Gasteiger partial charge is 0.220 e. The minimum absolute atomic E-state index is 0.0596. The van der Waals surface area contributed by atoms with Gasteiger partial charge in [0.2, 0.25) is 5.91 Å². The Balaban J connectivity index is 1.86. The van der Waals surface area contributed by atoms with Crippen molar-refractivity contribution >= 4 is 21.8 Å². The predicted molar refractivity (Wildman–Crippen MR) is 76.3 cm³/mol. The first-order valence-electron chi connectivity index (χ1n) is 6.40. The molecule has 1 aromatic carbocycles. The van der Waals surface area contributed by atoms with E-state index in [0.717, 1.165) is 29.5 Å². The maximum absolute atomic E-state index is 11.9. The maximum Gasteiger partial charge on any atom is 0.220 e. The molecule has 0 spiro atoms. The molecule has 1 aliphatic rings. The standard InChI is InChI=1S/C14H19BrN2O/c1-10(12-3-2-4-13(15)8-12)17-14(18)7-11-5-6-16-9-11/h2-4,8,10-11,16H,5-7,9H2,1H3,(H,17,18)/t10-,11?/m0/s1. The number of nitrogens with one attached hydrogen (secondary N) is 2. The molecule has 1 fully saturated rings. The first kappa shape index (κ1) is 13.6. The van der Waals surface area contributed by atoms with E-state index in [4.69, 9.17) is 0 Å². The van der Waals surface area contributed by atoms with E-state index in [9.17, 15) is 4.79 Å². The van der Waals surface area contributed by atoms with Gasteiger partial charge in [-0.2, -0.15) is 0 Å². The van der Waals surface area contributed by atoms with Crippen molar-refractivity contribution in [3.63, 3.8) is 0 Å². The van der Waals surface area contributed by atoms with Gasteiger partial charge in [0.25, 0.3) is 0 Å². The summed E-state index contributed by atoms with van der Waals surface area (Å²) in [6.07, 6.45) is 1.74.